The molecule has 1 saturated heterocycles. The summed E-state index contributed by atoms with van der Waals surface area (Å²) in [6.07, 6.45) is 2.92. The number of benzene rings is 2. The van der Waals surface area contributed by atoms with E-state index >= 15 is 0 Å². The Labute approximate surface area is 182 Å². The van der Waals surface area contributed by atoms with Gasteiger partial charge in [-0.1, -0.05) is 17.7 Å². The summed E-state index contributed by atoms with van der Waals surface area (Å²) < 4.78 is 0. The molecule has 0 radical (unpaired) electrons. The first-order valence-electron chi connectivity index (χ1n) is 11.1. The number of aryl methyl sites for hydroxylation is 1. The maximum absolute atomic E-state index is 13.2. The second-order valence-electron chi connectivity index (χ2n) is 9.11. The molecular formula is C24H28N4O3. The van der Waals surface area contributed by atoms with Crippen LogP contribution in [0.1, 0.15) is 24.0 Å². The lowest BCUT2D eigenvalue weighted by molar-refractivity contribution is -0.384. The van der Waals surface area contributed by atoms with Gasteiger partial charge in [0, 0.05) is 49.7 Å². The summed E-state index contributed by atoms with van der Waals surface area (Å²) >= 11 is 0. The normalized spacial score (nSPS) is 22.5. The molecule has 7 heteroatoms. The van der Waals surface area contributed by atoms with E-state index in [1.165, 1.54) is 24.1 Å². The van der Waals surface area contributed by atoms with Crippen LogP contribution in [-0.2, 0) is 11.2 Å². The van der Waals surface area contributed by atoms with E-state index in [0.29, 0.717) is 12.3 Å². The molecule has 0 aromatic heterocycles. The Morgan fingerprint density at radius 2 is 1.94 bits per heavy atom. The smallest absolute Gasteiger partial charge is 0.269 e. The number of nitro benzene ring substituents is 1. The van der Waals surface area contributed by atoms with Crippen molar-refractivity contribution in [3.05, 3.63) is 63.7 Å². The van der Waals surface area contributed by atoms with Crippen LogP contribution in [0.5, 0.6) is 0 Å². The molecule has 0 spiro atoms. The van der Waals surface area contributed by atoms with Gasteiger partial charge >= 0.3 is 0 Å². The molecule has 0 bridgehead atoms. The highest BCUT2D eigenvalue weighted by Crippen LogP contribution is 2.39. The van der Waals surface area contributed by atoms with Gasteiger partial charge in [-0.25, -0.2) is 0 Å². The van der Waals surface area contributed by atoms with Gasteiger partial charge in [0.1, 0.15) is 0 Å². The third kappa shape index (κ3) is 3.96. The first-order valence-corrected chi connectivity index (χ1v) is 11.1. The standard InChI is InChI=1S/C24H28N4O3/c1-16-2-6-19(7-3-16)26-10-11-27-22-9-8-20(28(30)31)12-18(22)13-21(23(27)15-26)24(29)25-14-17-4-5-17/h2-3,6-9,12,17,21,23H,4-5,10-11,13-15H2,1H3,(H,25,29). The van der Waals surface area contributed by atoms with Gasteiger partial charge in [0.25, 0.3) is 5.69 Å². The van der Waals surface area contributed by atoms with Gasteiger partial charge in [0.15, 0.2) is 0 Å². The van der Waals surface area contributed by atoms with Crippen molar-refractivity contribution < 1.29 is 9.72 Å². The number of fused-ring (bicyclic) bond motifs is 3. The monoisotopic (exact) mass is 420 g/mol. The molecule has 5 rings (SSSR count). The Balaban J connectivity index is 1.44. The number of amides is 1. The van der Waals surface area contributed by atoms with Crippen LogP contribution in [0.15, 0.2) is 42.5 Å². The fourth-order valence-electron chi connectivity index (χ4n) is 4.91. The largest absolute Gasteiger partial charge is 0.368 e. The molecule has 2 aliphatic heterocycles. The van der Waals surface area contributed by atoms with Crippen LogP contribution in [0.2, 0.25) is 0 Å². The zero-order valence-electron chi connectivity index (χ0n) is 17.8. The molecule has 1 saturated carbocycles. The minimum Gasteiger partial charge on any atom is -0.368 e. The van der Waals surface area contributed by atoms with Gasteiger partial charge in [-0.2, -0.15) is 0 Å². The topological polar surface area (TPSA) is 78.7 Å². The van der Waals surface area contributed by atoms with E-state index in [0.717, 1.165) is 37.4 Å². The Hall–Kier alpha value is -3.09. The molecule has 1 N–H and O–H groups in total. The molecular weight excluding hydrogens is 392 g/mol. The number of anilines is 2. The Kier molecular flexibility index (Phi) is 5.04. The second-order valence-corrected chi connectivity index (χ2v) is 9.11. The first-order chi connectivity index (χ1) is 15.0. The summed E-state index contributed by atoms with van der Waals surface area (Å²) in [5.41, 5.74) is 4.43. The van der Waals surface area contributed by atoms with Crippen molar-refractivity contribution in [1.82, 2.24) is 5.32 Å². The summed E-state index contributed by atoms with van der Waals surface area (Å²) in [6.45, 7) is 5.23. The van der Waals surface area contributed by atoms with Gasteiger partial charge in [0.05, 0.1) is 16.9 Å². The third-order valence-corrected chi connectivity index (χ3v) is 6.90. The number of hydrogen-bond donors (Lipinski definition) is 1. The predicted octanol–water partition coefficient (Wildman–Crippen LogP) is 3.30. The molecule has 2 fully saturated rings. The summed E-state index contributed by atoms with van der Waals surface area (Å²) in [5.74, 6) is 0.471. The highest BCUT2D eigenvalue weighted by molar-refractivity contribution is 5.82. The number of rotatable bonds is 5. The zero-order chi connectivity index (χ0) is 21.5. The first kappa shape index (κ1) is 19.8. The highest BCUT2D eigenvalue weighted by Gasteiger charge is 2.42. The summed E-state index contributed by atoms with van der Waals surface area (Å²) in [4.78, 5) is 28.8. The van der Waals surface area contributed by atoms with E-state index in [2.05, 4.69) is 46.3 Å². The molecule has 7 nitrogen and oxygen atoms in total. The maximum Gasteiger partial charge on any atom is 0.269 e. The van der Waals surface area contributed by atoms with Crippen molar-refractivity contribution in [3.63, 3.8) is 0 Å². The van der Waals surface area contributed by atoms with Crippen molar-refractivity contribution >= 4 is 23.0 Å². The van der Waals surface area contributed by atoms with Gasteiger partial charge < -0.3 is 15.1 Å². The fourth-order valence-corrected chi connectivity index (χ4v) is 4.91. The number of nitrogens with zero attached hydrogens (tertiary/aromatic N) is 3. The fraction of sp³-hybridized carbons (Fsp3) is 0.458. The van der Waals surface area contributed by atoms with E-state index in [9.17, 15) is 14.9 Å². The number of hydrogen-bond acceptors (Lipinski definition) is 5. The maximum atomic E-state index is 13.2. The summed E-state index contributed by atoms with van der Waals surface area (Å²) in [5, 5.41) is 14.5. The molecule has 2 atom stereocenters. The molecule has 1 amide bonds. The van der Waals surface area contributed by atoms with E-state index in [4.69, 9.17) is 0 Å². The van der Waals surface area contributed by atoms with Crippen LogP contribution < -0.4 is 15.1 Å². The molecule has 162 valence electrons. The van der Waals surface area contributed by atoms with Crippen LogP contribution in [0, 0.1) is 28.9 Å². The van der Waals surface area contributed by atoms with Crippen LogP contribution in [0.3, 0.4) is 0 Å². The molecule has 2 aromatic rings. The number of non-ortho nitro benzene ring substituents is 1. The van der Waals surface area contributed by atoms with Crippen LogP contribution in [0.25, 0.3) is 0 Å². The average Bonchev–Trinajstić information content (AvgIpc) is 3.61. The number of piperazine rings is 1. The van der Waals surface area contributed by atoms with Crippen molar-refractivity contribution in [2.45, 2.75) is 32.2 Å². The van der Waals surface area contributed by atoms with Gasteiger partial charge in [-0.3, -0.25) is 14.9 Å². The van der Waals surface area contributed by atoms with Crippen molar-refractivity contribution in [2.75, 3.05) is 36.0 Å². The lowest BCUT2D eigenvalue weighted by Gasteiger charge is -2.49. The molecule has 2 unspecified atom stereocenters. The van der Waals surface area contributed by atoms with Crippen LogP contribution in [0.4, 0.5) is 17.1 Å². The van der Waals surface area contributed by atoms with E-state index in [1.54, 1.807) is 12.1 Å². The van der Waals surface area contributed by atoms with Gasteiger partial charge in [-0.05, 0) is 55.9 Å². The SMILES string of the molecule is Cc1ccc(N2CCN3c4ccc([N+](=O)[O-])cc4CC(C(=O)NCC4CC4)C3C2)cc1. The number of carbonyl (C=O) groups is 1. The predicted molar refractivity (Wildman–Crippen MR) is 121 cm³/mol. The van der Waals surface area contributed by atoms with E-state index in [1.807, 2.05) is 6.07 Å². The minimum atomic E-state index is -0.357. The lowest BCUT2D eigenvalue weighted by Crippen LogP contribution is -2.61. The number of carbonyl (C=O) groups excluding carboxylic acids is 1. The Morgan fingerprint density at radius 1 is 1.16 bits per heavy atom. The zero-order valence-corrected chi connectivity index (χ0v) is 17.8. The van der Waals surface area contributed by atoms with Crippen LogP contribution >= 0.6 is 0 Å². The number of nitro groups is 1. The summed E-state index contributed by atoms with van der Waals surface area (Å²) in [7, 11) is 0. The second kappa shape index (κ2) is 7.87. The van der Waals surface area contributed by atoms with Crippen LogP contribution in [-0.4, -0.2) is 43.1 Å². The molecule has 2 aromatic carbocycles. The van der Waals surface area contributed by atoms with Crippen molar-refractivity contribution in [2.24, 2.45) is 11.8 Å². The molecule has 31 heavy (non-hydrogen) atoms. The van der Waals surface area contributed by atoms with Crippen molar-refractivity contribution in [3.8, 4) is 0 Å². The Bertz CT molecular complexity index is 1000. The average molecular weight is 421 g/mol. The third-order valence-electron chi connectivity index (χ3n) is 6.90. The quantitative estimate of drug-likeness (QED) is 0.593. The van der Waals surface area contributed by atoms with Gasteiger partial charge in [0.2, 0.25) is 5.91 Å². The molecule has 1 aliphatic carbocycles. The Morgan fingerprint density at radius 3 is 2.65 bits per heavy atom. The molecule has 3 aliphatic rings. The summed E-state index contributed by atoms with van der Waals surface area (Å²) in [6, 6.07) is 13.7. The van der Waals surface area contributed by atoms with E-state index < -0.39 is 0 Å². The molecule has 2 heterocycles. The van der Waals surface area contributed by atoms with Gasteiger partial charge in [-0.15, -0.1) is 0 Å². The van der Waals surface area contributed by atoms with Crippen molar-refractivity contribution in [1.29, 1.82) is 0 Å². The lowest BCUT2D eigenvalue weighted by atomic mass is 9.83. The number of nitrogens with one attached hydrogen (secondary N) is 1. The highest BCUT2D eigenvalue weighted by atomic mass is 16.6. The minimum absolute atomic E-state index is 0.0446. The van der Waals surface area contributed by atoms with E-state index in [-0.39, 0.29) is 28.5 Å².